The fraction of sp³-hybridized carbons (Fsp3) is 1.00. The first-order chi connectivity index (χ1) is 9.86. The molecule has 116 valence electrons. The second-order valence-corrected chi connectivity index (χ2v) is 7.79. The van der Waals surface area contributed by atoms with Crippen molar-refractivity contribution in [1.29, 1.82) is 0 Å². The molecule has 3 nitrogen and oxygen atoms in total. The third kappa shape index (κ3) is 4.12. The Morgan fingerprint density at radius 1 is 1.10 bits per heavy atom. The Hall–Kier alpha value is 0.230. The molecule has 3 saturated heterocycles. The second-order valence-electron chi connectivity index (χ2n) is 6.56. The van der Waals surface area contributed by atoms with Gasteiger partial charge in [0, 0.05) is 19.3 Å². The lowest BCUT2D eigenvalue weighted by Crippen LogP contribution is -2.49. The smallest absolute Gasteiger partial charge is 0.0713 e. The predicted octanol–water partition coefficient (Wildman–Crippen LogP) is 2.98. The highest BCUT2D eigenvalue weighted by molar-refractivity contribution is 7.99. The van der Waals surface area contributed by atoms with Gasteiger partial charge in [0.05, 0.1) is 11.7 Å². The van der Waals surface area contributed by atoms with Gasteiger partial charge < -0.3 is 14.8 Å². The standard InChI is InChI=1S/C16H29NO2S/c1-2-9-18-15(3-1)4-8-17-14-5-10-19-16(13-14)6-11-20-12-7-16/h14-15,17H,1-13H2. The van der Waals surface area contributed by atoms with Gasteiger partial charge in [-0.25, -0.2) is 0 Å². The van der Waals surface area contributed by atoms with Gasteiger partial charge in [-0.15, -0.1) is 0 Å². The molecule has 0 aliphatic carbocycles. The normalized spacial score (nSPS) is 34.2. The van der Waals surface area contributed by atoms with Crippen molar-refractivity contribution in [2.45, 2.75) is 69.1 Å². The van der Waals surface area contributed by atoms with Crippen LogP contribution in [0.25, 0.3) is 0 Å². The quantitative estimate of drug-likeness (QED) is 0.864. The van der Waals surface area contributed by atoms with E-state index in [2.05, 4.69) is 17.1 Å². The van der Waals surface area contributed by atoms with E-state index in [0.717, 1.165) is 19.8 Å². The van der Waals surface area contributed by atoms with E-state index in [1.807, 2.05) is 0 Å². The van der Waals surface area contributed by atoms with Crippen LogP contribution in [0.3, 0.4) is 0 Å². The Balaban J connectivity index is 1.38. The van der Waals surface area contributed by atoms with E-state index < -0.39 is 0 Å². The Bertz CT molecular complexity index is 283. The van der Waals surface area contributed by atoms with Crippen molar-refractivity contribution < 1.29 is 9.47 Å². The van der Waals surface area contributed by atoms with Crippen molar-refractivity contribution in [3.05, 3.63) is 0 Å². The first kappa shape index (κ1) is 15.1. The molecule has 0 amide bonds. The third-order valence-electron chi connectivity index (χ3n) is 5.07. The van der Waals surface area contributed by atoms with Crippen LogP contribution in [0.5, 0.6) is 0 Å². The molecule has 0 aromatic carbocycles. The molecule has 4 heteroatoms. The zero-order chi connectivity index (χ0) is 13.7. The summed E-state index contributed by atoms with van der Waals surface area (Å²) in [5.41, 5.74) is 0.211. The van der Waals surface area contributed by atoms with E-state index in [-0.39, 0.29) is 5.60 Å². The molecule has 3 aliphatic heterocycles. The average molecular weight is 299 g/mol. The molecule has 3 fully saturated rings. The topological polar surface area (TPSA) is 30.5 Å². The Morgan fingerprint density at radius 3 is 2.80 bits per heavy atom. The number of hydrogen-bond acceptors (Lipinski definition) is 4. The summed E-state index contributed by atoms with van der Waals surface area (Å²) < 4.78 is 12.0. The van der Waals surface area contributed by atoms with E-state index in [9.17, 15) is 0 Å². The Kier molecular flexibility index (Phi) is 5.66. The van der Waals surface area contributed by atoms with Crippen LogP contribution >= 0.6 is 11.8 Å². The van der Waals surface area contributed by atoms with Crippen molar-refractivity contribution in [2.24, 2.45) is 0 Å². The predicted molar refractivity (Wildman–Crippen MR) is 84.5 cm³/mol. The van der Waals surface area contributed by atoms with Gasteiger partial charge in [-0.2, -0.15) is 11.8 Å². The zero-order valence-corrected chi connectivity index (χ0v) is 13.4. The molecule has 2 atom stereocenters. The number of rotatable bonds is 4. The van der Waals surface area contributed by atoms with Crippen LogP contribution in [-0.2, 0) is 9.47 Å². The maximum absolute atomic E-state index is 6.15. The second kappa shape index (κ2) is 7.48. The molecule has 1 N–H and O–H groups in total. The highest BCUT2D eigenvalue weighted by Crippen LogP contribution is 2.37. The van der Waals surface area contributed by atoms with Gasteiger partial charge in [0.15, 0.2) is 0 Å². The third-order valence-corrected chi connectivity index (χ3v) is 6.06. The Labute approximate surface area is 127 Å². The zero-order valence-electron chi connectivity index (χ0n) is 12.6. The SMILES string of the molecule is C1CCC(CCNC2CCOC3(CCSCC3)C2)OC1. The molecular weight excluding hydrogens is 270 g/mol. The van der Waals surface area contributed by atoms with Crippen LogP contribution in [0.1, 0.15) is 51.4 Å². The molecule has 2 unspecified atom stereocenters. The van der Waals surface area contributed by atoms with Crippen LogP contribution < -0.4 is 5.32 Å². The minimum Gasteiger partial charge on any atom is -0.378 e. The number of hydrogen-bond donors (Lipinski definition) is 1. The summed E-state index contributed by atoms with van der Waals surface area (Å²) in [5, 5.41) is 3.77. The fourth-order valence-corrected chi connectivity index (χ4v) is 5.01. The van der Waals surface area contributed by atoms with Crippen molar-refractivity contribution in [3.63, 3.8) is 0 Å². The lowest BCUT2D eigenvalue weighted by Gasteiger charge is -2.43. The molecule has 0 aromatic rings. The molecule has 0 saturated carbocycles. The van der Waals surface area contributed by atoms with Gasteiger partial charge in [-0.05, 0) is 69.4 Å². The van der Waals surface area contributed by atoms with Crippen LogP contribution in [0.2, 0.25) is 0 Å². The molecule has 0 bridgehead atoms. The summed E-state index contributed by atoms with van der Waals surface area (Å²) in [6, 6.07) is 0.662. The summed E-state index contributed by atoms with van der Waals surface area (Å²) in [5.74, 6) is 2.56. The molecule has 0 radical (unpaired) electrons. The highest BCUT2D eigenvalue weighted by Gasteiger charge is 2.38. The average Bonchev–Trinajstić information content (AvgIpc) is 2.49. The molecule has 3 rings (SSSR count). The number of nitrogens with one attached hydrogen (secondary N) is 1. The van der Waals surface area contributed by atoms with Crippen LogP contribution in [0.15, 0.2) is 0 Å². The number of ether oxygens (including phenoxy) is 2. The Morgan fingerprint density at radius 2 is 2.00 bits per heavy atom. The van der Waals surface area contributed by atoms with Crippen molar-refractivity contribution in [3.8, 4) is 0 Å². The van der Waals surface area contributed by atoms with Gasteiger partial charge in [0.25, 0.3) is 0 Å². The van der Waals surface area contributed by atoms with Crippen molar-refractivity contribution in [1.82, 2.24) is 5.32 Å². The van der Waals surface area contributed by atoms with E-state index >= 15 is 0 Å². The maximum atomic E-state index is 6.15. The number of thioether (sulfide) groups is 1. The van der Waals surface area contributed by atoms with E-state index in [1.54, 1.807) is 0 Å². The largest absolute Gasteiger partial charge is 0.378 e. The molecule has 0 aromatic heterocycles. The summed E-state index contributed by atoms with van der Waals surface area (Å²) in [4.78, 5) is 0. The monoisotopic (exact) mass is 299 g/mol. The first-order valence-electron chi connectivity index (χ1n) is 8.43. The van der Waals surface area contributed by atoms with Crippen LogP contribution in [0, 0.1) is 0 Å². The molecule has 3 aliphatic rings. The summed E-state index contributed by atoms with van der Waals surface area (Å²) >= 11 is 2.08. The fourth-order valence-electron chi connectivity index (χ4n) is 3.78. The maximum Gasteiger partial charge on any atom is 0.0713 e. The molecule has 20 heavy (non-hydrogen) atoms. The molecular formula is C16H29NO2S. The summed E-state index contributed by atoms with van der Waals surface area (Å²) in [7, 11) is 0. The van der Waals surface area contributed by atoms with E-state index in [4.69, 9.17) is 9.47 Å². The van der Waals surface area contributed by atoms with Crippen molar-refractivity contribution in [2.75, 3.05) is 31.3 Å². The minimum absolute atomic E-state index is 0.211. The highest BCUT2D eigenvalue weighted by atomic mass is 32.2. The molecule has 3 heterocycles. The summed E-state index contributed by atoms with van der Waals surface area (Å²) in [6.45, 7) is 3.03. The first-order valence-corrected chi connectivity index (χ1v) is 9.59. The van der Waals surface area contributed by atoms with Gasteiger partial charge in [-0.1, -0.05) is 0 Å². The van der Waals surface area contributed by atoms with Gasteiger partial charge in [-0.3, -0.25) is 0 Å². The lowest BCUT2D eigenvalue weighted by atomic mass is 9.85. The minimum atomic E-state index is 0.211. The van der Waals surface area contributed by atoms with Crippen LogP contribution in [-0.4, -0.2) is 49.0 Å². The van der Waals surface area contributed by atoms with Crippen LogP contribution in [0.4, 0.5) is 0 Å². The van der Waals surface area contributed by atoms with Gasteiger partial charge in [0.1, 0.15) is 0 Å². The van der Waals surface area contributed by atoms with Crippen molar-refractivity contribution >= 4 is 11.8 Å². The van der Waals surface area contributed by atoms with Gasteiger partial charge >= 0.3 is 0 Å². The van der Waals surface area contributed by atoms with E-state index in [1.165, 1.54) is 62.9 Å². The summed E-state index contributed by atoms with van der Waals surface area (Å²) in [6.07, 6.45) is 10.5. The van der Waals surface area contributed by atoms with E-state index in [0.29, 0.717) is 12.1 Å². The lowest BCUT2D eigenvalue weighted by molar-refractivity contribution is -0.0934. The van der Waals surface area contributed by atoms with Gasteiger partial charge in [0.2, 0.25) is 0 Å². The molecule has 1 spiro atoms.